The summed E-state index contributed by atoms with van der Waals surface area (Å²) < 4.78 is 0. The van der Waals surface area contributed by atoms with Gasteiger partial charge in [0, 0.05) is 38.3 Å². The molecule has 21 heavy (non-hydrogen) atoms. The van der Waals surface area contributed by atoms with Gasteiger partial charge < -0.3 is 10.2 Å². The van der Waals surface area contributed by atoms with E-state index < -0.39 is 0 Å². The second-order valence-corrected chi connectivity index (χ2v) is 6.58. The van der Waals surface area contributed by atoms with Crippen LogP contribution in [0.1, 0.15) is 26.2 Å². The number of hydrogen-bond acceptors (Lipinski definition) is 6. The Balaban J connectivity index is 1.76. The maximum Gasteiger partial charge on any atom is 0.191 e. The van der Waals surface area contributed by atoms with Gasteiger partial charge in [-0.1, -0.05) is 18.7 Å². The fraction of sp³-hybridized carbons (Fsp3) is 0.733. The maximum absolute atomic E-state index is 4.72. The van der Waals surface area contributed by atoms with E-state index in [4.69, 9.17) is 4.98 Å². The van der Waals surface area contributed by atoms with Crippen LogP contribution in [0.4, 0.5) is 11.6 Å². The Bertz CT molecular complexity index is 481. The highest BCUT2D eigenvalue weighted by atomic mass is 32.2. The first kappa shape index (κ1) is 14.9. The van der Waals surface area contributed by atoms with Gasteiger partial charge in [-0.05, 0) is 32.1 Å². The minimum absolute atomic E-state index is 0.721. The molecule has 2 aliphatic rings. The van der Waals surface area contributed by atoms with Gasteiger partial charge in [0.05, 0.1) is 0 Å². The number of hydrogen-bond donors (Lipinski definition) is 1. The lowest BCUT2D eigenvalue weighted by atomic mass is 10.1. The highest BCUT2D eigenvalue weighted by Crippen LogP contribution is 2.26. The summed E-state index contributed by atoms with van der Waals surface area (Å²) >= 11 is 1.61. The first-order chi connectivity index (χ1) is 10.3. The summed E-state index contributed by atoms with van der Waals surface area (Å²) in [5.41, 5.74) is 0. The Morgan fingerprint density at radius 2 is 2.24 bits per heavy atom. The summed E-state index contributed by atoms with van der Waals surface area (Å²) in [7, 11) is 0. The molecule has 2 saturated heterocycles. The zero-order valence-corrected chi connectivity index (χ0v) is 13.8. The zero-order valence-electron chi connectivity index (χ0n) is 13.0. The topological polar surface area (TPSA) is 44.3 Å². The molecule has 2 fully saturated rings. The smallest absolute Gasteiger partial charge is 0.191 e. The standard InChI is InChI=1S/C15H25N5S/c1-3-6-16-13-10-14(18-15(17-13)21-2)20-9-8-19-7-4-5-12(19)11-20/h10,12H,3-9,11H2,1-2H3,(H,16,17,18). The summed E-state index contributed by atoms with van der Waals surface area (Å²) in [5.74, 6) is 2.04. The van der Waals surface area contributed by atoms with Crippen LogP contribution in [0.3, 0.4) is 0 Å². The predicted octanol–water partition coefficient (Wildman–Crippen LogP) is 2.30. The van der Waals surface area contributed by atoms with Crippen molar-refractivity contribution in [1.82, 2.24) is 14.9 Å². The van der Waals surface area contributed by atoms with Crippen molar-refractivity contribution in [3.05, 3.63) is 6.07 Å². The third-order valence-electron chi connectivity index (χ3n) is 4.34. The third kappa shape index (κ3) is 3.43. The number of thioether (sulfide) groups is 1. The Morgan fingerprint density at radius 3 is 3.05 bits per heavy atom. The normalized spacial score (nSPS) is 22.4. The van der Waals surface area contributed by atoms with Crippen LogP contribution < -0.4 is 10.2 Å². The molecule has 1 N–H and O–H groups in total. The van der Waals surface area contributed by atoms with Crippen LogP contribution in [0.15, 0.2) is 11.2 Å². The number of nitrogens with zero attached hydrogens (tertiary/aromatic N) is 4. The monoisotopic (exact) mass is 307 g/mol. The van der Waals surface area contributed by atoms with E-state index in [-0.39, 0.29) is 0 Å². The minimum Gasteiger partial charge on any atom is -0.370 e. The number of piperazine rings is 1. The quantitative estimate of drug-likeness (QED) is 0.665. The van der Waals surface area contributed by atoms with Gasteiger partial charge in [-0.3, -0.25) is 4.90 Å². The molecule has 1 atom stereocenters. The summed E-state index contributed by atoms with van der Waals surface area (Å²) in [4.78, 5) is 14.3. The Morgan fingerprint density at radius 1 is 1.33 bits per heavy atom. The molecule has 6 heteroatoms. The first-order valence-electron chi connectivity index (χ1n) is 7.96. The number of rotatable bonds is 5. The average Bonchev–Trinajstić information content (AvgIpc) is 3.00. The van der Waals surface area contributed by atoms with Crippen molar-refractivity contribution >= 4 is 23.4 Å². The first-order valence-corrected chi connectivity index (χ1v) is 9.18. The number of aromatic nitrogens is 2. The van der Waals surface area contributed by atoms with Gasteiger partial charge in [0.25, 0.3) is 0 Å². The third-order valence-corrected chi connectivity index (χ3v) is 4.89. The van der Waals surface area contributed by atoms with Gasteiger partial charge in [-0.25, -0.2) is 9.97 Å². The molecule has 2 aliphatic heterocycles. The second-order valence-electron chi connectivity index (χ2n) is 5.80. The van der Waals surface area contributed by atoms with E-state index in [1.807, 2.05) is 6.26 Å². The largest absolute Gasteiger partial charge is 0.370 e. The van der Waals surface area contributed by atoms with E-state index in [2.05, 4.69) is 33.1 Å². The van der Waals surface area contributed by atoms with Crippen LogP contribution in [0.2, 0.25) is 0 Å². The molecule has 3 rings (SSSR count). The van der Waals surface area contributed by atoms with Crippen LogP contribution in [0.5, 0.6) is 0 Å². The summed E-state index contributed by atoms with van der Waals surface area (Å²) in [6.45, 7) is 7.76. The molecule has 0 amide bonds. The molecule has 0 radical (unpaired) electrons. The predicted molar refractivity (Wildman–Crippen MR) is 89.4 cm³/mol. The fourth-order valence-electron chi connectivity index (χ4n) is 3.21. The minimum atomic E-state index is 0.721. The van der Waals surface area contributed by atoms with Crippen LogP contribution in [0, 0.1) is 0 Å². The molecule has 1 aromatic heterocycles. The molecule has 0 saturated carbocycles. The van der Waals surface area contributed by atoms with E-state index in [1.165, 1.54) is 25.9 Å². The van der Waals surface area contributed by atoms with E-state index in [0.29, 0.717) is 0 Å². The Labute approximate surface area is 131 Å². The van der Waals surface area contributed by atoms with Gasteiger partial charge in [-0.15, -0.1) is 0 Å². The lowest BCUT2D eigenvalue weighted by Crippen LogP contribution is -2.50. The zero-order chi connectivity index (χ0) is 14.7. The number of fused-ring (bicyclic) bond motifs is 1. The molecule has 116 valence electrons. The molecule has 0 aromatic carbocycles. The van der Waals surface area contributed by atoms with Crippen LogP contribution in [0.25, 0.3) is 0 Å². The molecule has 0 spiro atoms. The van der Waals surface area contributed by atoms with E-state index in [1.54, 1.807) is 11.8 Å². The number of anilines is 2. The lowest BCUT2D eigenvalue weighted by Gasteiger charge is -2.38. The van der Waals surface area contributed by atoms with Gasteiger partial charge in [0.15, 0.2) is 5.16 Å². The number of nitrogens with one attached hydrogen (secondary N) is 1. The van der Waals surface area contributed by atoms with Crippen molar-refractivity contribution < 1.29 is 0 Å². The van der Waals surface area contributed by atoms with E-state index in [0.717, 1.165) is 48.9 Å². The van der Waals surface area contributed by atoms with Crippen LogP contribution in [-0.2, 0) is 0 Å². The Hall–Kier alpha value is -1.01. The highest BCUT2D eigenvalue weighted by molar-refractivity contribution is 7.98. The van der Waals surface area contributed by atoms with Crippen molar-refractivity contribution in [2.75, 3.05) is 49.2 Å². The summed E-state index contributed by atoms with van der Waals surface area (Å²) in [6, 6.07) is 2.83. The van der Waals surface area contributed by atoms with Gasteiger partial charge in [0.2, 0.25) is 0 Å². The molecule has 5 nitrogen and oxygen atoms in total. The van der Waals surface area contributed by atoms with Gasteiger partial charge in [-0.2, -0.15) is 0 Å². The summed E-state index contributed by atoms with van der Waals surface area (Å²) in [6.07, 6.45) is 5.83. The molecule has 0 bridgehead atoms. The SMILES string of the molecule is CCCNc1cc(N2CCN3CCCC3C2)nc(SC)n1. The van der Waals surface area contributed by atoms with E-state index in [9.17, 15) is 0 Å². The fourth-order valence-corrected chi connectivity index (χ4v) is 3.58. The van der Waals surface area contributed by atoms with Crippen molar-refractivity contribution in [3.8, 4) is 0 Å². The van der Waals surface area contributed by atoms with Crippen molar-refractivity contribution in [3.63, 3.8) is 0 Å². The highest BCUT2D eigenvalue weighted by Gasteiger charge is 2.31. The van der Waals surface area contributed by atoms with Gasteiger partial charge >= 0.3 is 0 Å². The molecule has 1 unspecified atom stereocenters. The second kappa shape index (κ2) is 6.83. The molecular formula is C15H25N5S. The molecular weight excluding hydrogens is 282 g/mol. The summed E-state index contributed by atoms with van der Waals surface area (Å²) in [5, 5.41) is 4.25. The molecule has 3 heterocycles. The van der Waals surface area contributed by atoms with Crippen LogP contribution >= 0.6 is 11.8 Å². The molecule has 0 aliphatic carbocycles. The van der Waals surface area contributed by atoms with Crippen LogP contribution in [-0.4, -0.2) is 59.9 Å². The van der Waals surface area contributed by atoms with Crippen molar-refractivity contribution in [2.24, 2.45) is 0 Å². The van der Waals surface area contributed by atoms with Crippen molar-refractivity contribution in [2.45, 2.75) is 37.4 Å². The van der Waals surface area contributed by atoms with E-state index >= 15 is 0 Å². The molecule has 1 aromatic rings. The lowest BCUT2D eigenvalue weighted by molar-refractivity contribution is 0.230. The Kier molecular flexibility index (Phi) is 4.85. The van der Waals surface area contributed by atoms with Crippen molar-refractivity contribution in [1.29, 1.82) is 0 Å². The average molecular weight is 307 g/mol. The maximum atomic E-state index is 4.72. The van der Waals surface area contributed by atoms with Gasteiger partial charge in [0.1, 0.15) is 11.6 Å².